The Morgan fingerprint density at radius 2 is 1.54 bits per heavy atom. The van der Waals surface area contributed by atoms with Gasteiger partial charge >= 0.3 is 0 Å². The second-order valence-corrected chi connectivity index (χ2v) is 14.9. The van der Waals surface area contributed by atoms with Crippen molar-refractivity contribution in [2.75, 3.05) is 0 Å². The number of rotatable bonds is 3. The molecule has 0 saturated heterocycles. The molecule has 0 aliphatic carbocycles. The van der Waals surface area contributed by atoms with Gasteiger partial charge in [0.15, 0.2) is 0 Å². The summed E-state index contributed by atoms with van der Waals surface area (Å²) >= 11 is 0. The molecule has 6 aromatic rings. The minimum Gasteiger partial charge on any atom is -0.501 e. The van der Waals surface area contributed by atoms with Crippen molar-refractivity contribution in [3.63, 3.8) is 0 Å². The van der Waals surface area contributed by atoms with Gasteiger partial charge in [0.05, 0.1) is 13.7 Å². The normalized spacial score (nSPS) is 11.0. The second-order valence-electron chi connectivity index (χ2n) is 9.87. The number of aromatic nitrogens is 2. The van der Waals surface area contributed by atoms with Gasteiger partial charge in [-0.05, 0) is 36.5 Å². The molecule has 0 saturated carbocycles. The van der Waals surface area contributed by atoms with Gasteiger partial charge in [-0.25, -0.2) is 0 Å². The SMILES string of the molecule is C[Si](C)(C)c1ccc2c(c1)oc1c(-c3ccccn3)[c-]ccc12.Cc1ccnc(-c2[c-]cccc2)c1.[Ir]. The molecule has 3 nitrogen and oxygen atoms in total. The molecule has 3 heterocycles. The molecule has 1 radical (unpaired) electrons. The molecule has 6 rings (SSSR count). The number of hydrogen-bond donors (Lipinski definition) is 0. The van der Waals surface area contributed by atoms with Gasteiger partial charge in [-0.15, -0.1) is 54.1 Å². The van der Waals surface area contributed by atoms with Crippen molar-refractivity contribution in [2.24, 2.45) is 0 Å². The zero-order chi connectivity index (χ0) is 25.1. The zero-order valence-corrected chi connectivity index (χ0v) is 24.8. The maximum atomic E-state index is 6.22. The first kappa shape index (κ1) is 26.7. The molecule has 0 fully saturated rings. The molecule has 0 spiro atoms. The van der Waals surface area contributed by atoms with Crippen molar-refractivity contribution in [3.8, 4) is 22.5 Å². The maximum absolute atomic E-state index is 6.22. The van der Waals surface area contributed by atoms with Gasteiger partial charge in [0, 0.05) is 37.9 Å². The monoisotopic (exact) mass is 677 g/mol. The minimum atomic E-state index is -1.36. The van der Waals surface area contributed by atoms with Crippen LogP contribution in [-0.2, 0) is 20.1 Å². The predicted octanol–water partition coefficient (Wildman–Crippen LogP) is 7.85. The molecule has 0 aliphatic heterocycles. The van der Waals surface area contributed by atoms with E-state index in [4.69, 9.17) is 4.42 Å². The van der Waals surface area contributed by atoms with Crippen molar-refractivity contribution in [3.05, 3.63) is 115 Å². The van der Waals surface area contributed by atoms with Crippen molar-refractivity contribution in [2.45, 2.75) is 26.6 Å². The molecular weight excluding hydrogens is 649 g/mol. The molecule has 187 valence electrons. The molecule has 5 heteroatoms. The van der Waals surface area contributed by atoms with Crippen molar-refractivity contribution >= 4 is 35.2 Å². The number of hydrogen-bond acceptors (Lipinski definition) is 3. The van der Waals surface area contributed by atoms with E-state index in [9.17, 15) is 0 Å². The van der Waals surface area contributed by atoms with Crippen LogP contribution in [0.1, 0.15) is 5.56 Å². The van der Waals surface area contributed by atoms with Crippen LogP contribution in [0.4, 0.5) is 0 Å². The first-order valence-corrected chi connectivity index (χ1v) is 15.6. The fraction of sp³-hybridized carbons (Fsp3) is 0.125. The summed E-state index contributed by atoms with van der Waals surface area (Å²) in [5.74, 6) is 0. The van der Waals surface area contributed by atoms with Crippen LogP contribution in [0.3, 0.4) is 0 Å². The van der Waals surface area contributed by atoms with Gasteiger partial charge in [-0.1, -0.05) is 71.7 Å². The average Bonchev–Trinajstić information content (AvgIpc) is 3.28. The Hall–Kier alpha value is -3.37. The molecule has 0 N–H and O–H groups in total. The Bertz CT molecular complexity index is 1620. The molecule has 3 aromatic heterocycles. The van der Waals surface area contributed by atoms with Gasteiger partial charge < -0.3 is 14.4 Å². The second kappa shape index (κ2) is 11.3. The molecule has 0 unspecified atom stereocenters. The quantitative estimate of drug-likeness (QED) is 0.142. The maximum Gasteiger partial charge on any atom is 0.120 e. The Balaban J connectivity index is 0.000000195. The summed E-state index contributed by atoms with van der Waals surface area (Å²) in [5.41, 5.74) is 6.90. The smallest absolute Gasteiger partial charge is 0.120 e. The van der Waals surface area contributed by atoms with Crippen molar-refractivity contribution in [1.29, 1.82) is 0 Å². The topological polar surface area (TPSA) is 38.9 Å². The molecular formula is C32H28IrN2OSi-2. The number of nitrogens with zero attached hydrogens (tertiary/aromatic N) is 2. The van der Waals surface area contributed by atoms with Crippen molar-refractivity contribution in [1.82, 2.24) is 9.97 Å². The third-order valence-electron chi connectivity index (χ3n) is 6.12. The largest absolute Gasteiger partial charge is 0.501 e. The predicted molar refractivity (Wildman–Crippen MR) is 152 cm³/mol. The molecule has 0 atom stereocenters. The van der Waals surface area contributed by atoms with E-state index in [1.807, 2.05) is 60.8 Å². The van der Waals surface area contributed by atoms with Crippen molar-refractivity contribution < 1.29 is 24.5 Å². The Morgan fingerprint density at radius 3 is 2.24 bits per heavy atom. The standard InChI is InChI=1S/C20H18NOSi.C12H10N.Ir/c1-23(2,3)14-10-11-15-16-7-6-8-17(18-9-4-5-12-21-18)20(16)22-19(15)13-14;1-10-7-8-13-12(9-10)11-5-3-2-4-6-11;/h4-7,9-13H,1-3H3;2-5,7-9H,1H3;/q2*-1;. The minimum absolute atomic E-state index is 0. The van der Waals surface area contributed by atoms with Crippen LogP contribution >= 0.6 is 0 Å². The van der Waals surface area contributed by atoms with Crippen LogP contribution < -0.4 is 5.19 Å². The number of aryl methyl sites for hydroxylation is 1. The average molecular weight is 677 g/mol. The summed E-state index contributed by atoms with van der Waals surface area (Å²) in [6.45, 7) is 9.12. The number of fused-ring (bicyclic) bond motifs is 3. The Labute approximate surface area is 233 Å². The van der Waals surface area contributed by atoms with E-state index in [2.05, 4.69) is 79.0 Å². The van der Waals surface area contributed by atoms with E-state index in [0.29, 0.717) is 0 Å². The summed E-state index contributed by atoms with van der Waals surface area (Å²) in [6.07, 6.45) is 3.62. The fourth-order valence-electron chi connectivity index (χ4n) is 4.15. The number of pyridine rings is 2. The van der Waals surface area contributed by atoms with Crippen LogP contribution in [0, 0.1) is 19.1 Å². The molecule has 0 amide bonds. The fourth-order valence-corrected chi connectivity index (χ4v) is 5.29. The summed E-state index contributed by atoms with van der Waals surface area (Å²) in [6, 6.07) is 34.9. The van der Waals surface area contributed by atoms with E-state index in [-0.39, 0.29) is 20.1 Å². The van der Waals surface area contributed by atoms with E-state index in [1.165, 1.54) is 10.8 Å². The molecule has 3 aromatic carbocycles. The first-order chi connectivity index (χ1) is 17.4. The zero-order valence-electron chi connectivity index (χ0n) is 21.4. The van der Waals surface area contributed by atoms with Crippen LogP contribution in [0.15, 0.2) is 102 Å². The molecule has 0 aliphatic rings. The van der Waals surface area contributed by atoms with Crippen LogP contribution in [0.2, 0.25) is 19.6 Å². The summed E-state index contributed by atoms with van der Waals surface area (Å²) in [5, 5.41) is 3.70. The van der Waals surface area contributed by atoms with E-state index in [0.717, 1.165) is 44.5 Å². The van der Waals surface area contributed by atoms with Gasteiger partial charge in [-0.3, -0.25) is 0 Å². The summed E-state index contributed by atoms with van der Waals surface area (Å²) in [7, 11) is -1.36. The Kier molecular flexibility index (Phi) is 8.18. The Morgan fingerprint density at radius 1 is 0.730 bits per heavy atom. The van der Waals surface area contributed by atoms with Crippen LogP contribution in [-0.4, -0.2) is 18.0 Å². The van der Waals surface area contributed by atoms with Gasteiger partial charge in [0.2, 0.25) is 0 Å². The number of furan rings is 1. The molecule has 37 heavy (non-hydrogen) atoms. The third-order valence-corrected chi connectivity index (χ3v) is 8.16. The summed E-state index contributed by atoms with van der Waals surface area (Å²) in [4.78, 5) is 8.72. The van der Waals surface area contributed by atoms with E-state index >= 15 is 0 Å². The van der Waals surface area contributed by atoms with Gasteiger partial charge in [0.25, 0.3) is 0 Å². The van der Waals surface area contributed by atoms with E-state index in [1.54, 1.807) is 6.20 Å². The summed E-state index contributed by atoms with van der Waals surface area (Å²) < 4.78 is 6.22. The molecule has 0 bridgehead atoms. The first-order valence-electron chi connectivity index (χ1n) is 12.1. The third kappa shape index (κ3) is 5.96. The van der Waals surface area contributed by atoms with Gasteiger partial charge in [0.1, 0.15) is 5.58 Å². The van der Waals surface area contributed by atoms with Crippen LogP contribution in [0.5, 0.6) is 0 Å². The van der Waals surface area contributed by atoms with Crippen LogP contribution in [0.25, 0.3) is 44.5 Å². The van der Waals surface area contributed by atoms with Gasteiger partial charge in [-0.2, -0.15) is 0 Å². The number of benzene rings is 3. The van der Waals surface area contributed by atoms with E-state index < -0.39 is 8.07 Å².